The molecule has 0 bridgehead atoms. The van der Waals surface area contributed by atoms with Crippen molar-refractivity contribution in [2.45, 2.75) is 32.2 Å². The molecule has 5 nitrogen and oxygen atoms in total. The molecule has 0 aromatic carbocycles. The van der Waals surface area contributed by atoms with E-state index < -0.39 is 24.8 Å². The number of nitrogens with two attached hydrogens (primary N) is 1. The maximum atomic E-state index is 12.7. The van der Waals surface area contributed by atoms with Crippen LogP contribution in [0.2, 0.25) is 0 Å². The number of nitrogens with one attached hydrogen (secondary N) is 1. The van der Waals surface area contributed by atoms with E-state index in [0.29, 0.717) is 25.2 Å². The molecule has 1 aromatic rings. The summed E-state index contributed by atoms with van der Waals surface area (Å²) in [5.41, 5.74) is 5.89. The molecule has 0 aliphatic rings. The molecule has 1 aromatic heterocycles. The van der Waals surface area contributed by atoms with Crippen LogP contribution in [-0.2, 0) is 6.54 Å². The largest absolute Gasteiger partial charge is 0.346 e. The lowest BCUT2D eigenvalue weighted by atomic mass is 10.2. The van der Waals surface area contributed by atoms with E-state index >= 15 is 0 Å². The van der Waals surface area contributed by atoms with Gasteiger partial charge >= 0.3 is 12.3 Å². The fourth-order valence-electron chi connectivity index (χ4n) is 1.51. The highest BCUT2D eigenvalue weighted by atomic mass is 19.3. The zero-order valence-electron chi connectivity index (χ0n) is 10.9. The minimum Gasteiger partial charge on any atom is -0.346 e. The number of alkyl halides is 4. The van der Waals surface area contributed by atoms with Crippen molar-refractivity contribution in [3.8, 4) is 0 Å². The van der Waals surface area contributed by atoms with Crippen molar-refractivity contribution >= 4 is 5.91 Å². The zero-order chi connectivity index (χ0) is 15.3. The van der Waals surface area contributed by atoms with E-state index in [0.717, 1.165) is 0 Å². The molecule has 0 spiro atoms. The van der Waals surface area contributed by atoms with Gasteiger partial charge in [-0.25, -0.2) is 8.78 Å². The smallest absolute Gasteiger partial charge is 0.324 e. The van der Waals surface area contributed by atoms with Crippen molar-refractivity contribution in [2.24, 2.45) is 5.73 Å². The maximum Gasteiger partial charge on any atom is 0.324 e. The summed E-state index contributed by atoms with van der Waals surface area (Å²) in [6.07, 6.45) is -1.97. The van der Waals surface area contributed by atoms with E-state index in [9.17, 15) is 22.4 Å². The van der Waals surface area contributed by atoms with Crippen LogP contribution in [0.4, 0.5) is 17.6 Å². The first-order valence-corrected chi connectivity index (χ1v) is 5.96. The van der Waals surface area contributed by atoms with Crippen LogP contribution in [0.3, 0.4) is 0 Å². The lowest BCUT2D eigenvalue weighted by Crippen LogP contribution is -2.41. The second kappa shape index (κ2) is 6.69. The van der Waals surface area contributed by atoms with Gasteiger partial charge in [-0.1, -0.05) is 0 Å². The Bertz CT molecular complexity index is 461. The predicted molar refractivity (Wildman–Crippen MR) is 63.9 cm³/mol. The number of amides is 1. The highest BCUT2D eigenvalue weighted by Gasteiger charge is 2.41. The van der Waals surface area contributed by atoms with Crippen molar-refractivity contribution in [3.05, 3.63) is 17.5 Å². The van der Waals surface area contributed by atoms with Crippen molar-refractivity contribution in [1.82, 2.24) is 15.1 Å². The summed E-state index contributed by atoms with van der Waals surface area (Å²) < 4.78 is 50.8. The van der Waals surface area contributed by atoms with E-state index in [1.807, 2.05) is 0 Å². The van der Waals surface area contributed by atoms with Gasteiger partial charge in [-0.3, -0.25) is 9.48 Å². The van der Waals surface area contributed by atoms with Crippen LogP contribution in [0, 0.1) is 6.92 Å². The van der Waals surface area contributed by atoms with Gasteiger partial charge in [0.05, 0.1) is 18.3 Å². The average molecular weight is 296 g/mol. The highest BCUT2D eigenvalue weighted by molar-refractivity contribution is 5.95. The molecule has 1 rings (SSSR count). The summed E-state index contributed by atoms with van der Waals surface area (Å²) in [6.45, 7) is 1.10. The lowest BCUT2D eigenvalue weighted by molar-refractivity contribution is -0.123. The summed E-state index contributed by atoms with van der Waals surface area (Å²) in [5, 5.41) is 5.70. The summed E-state index contributed by atoms with van der Waals surface area (Å²) >= 11 is 0. The molecule has 0 atom stereocenters. The molecule has 0 saturated heterocycles. The molecule has 0 saturated carbocycles. The van der Waals surface area contributed by atoms with E-state index in [1.54, 1.807) is 12.2 Å². The second-order valence-electron chi connectivity index (χ2n) is 4.25. The van der Waals surface area contributed by atoms with Gasteiger partial charge in [-0.15, -0.1) is 0 Å². The lowest BCUT2D eigenvalue weighted by Gasteiger charge is -2.15. The van der Waals surface area contributed by atoms with Crippen LogP contribution in [-0.4, -0.2) is 41.1 Å². The molecule has 1 amide bonds. The first kappa shape index (κ1) is 16.4. The summed E-state index contributed by atoms with van der Waals surface area (Å²) in [4.78, 5) is 11.7. The number of nitrogens with zero attached hydrogens (tertiary/aromatic N) is 2. The summed E-state index contributed by atoms with van der Waals surface area (Å²) in [5.74, 6) is -5.11. The molecule has 1 heterocycles. The van der Waals surface area contributed by atoms with Gasteiger partial charge in [-0.2, -0.15) is 13.9 Å². The van der Waals surface area contributed by atoms with E-state index in [-0.39, 0.29) is 5.56 Å². The SMILES string of the molecule is Cc1c(C(=O)NCC(F)(F)C(F)F)cnn1CCCN. The maximum absolute atomic E-state index is 12.7. The molecule has 0 aliphatic heterocycles. The van der Waals surface area contributed by atoms with Gasteiger partial charge in [0, 0.05) is 12.2 Å². The van der Waals surface area contributed by atoms with Crippen LogP contribution in [0.15, 0.2) is 6.20 Å². The number of hydrogen-bond acceptors (Lipinski definition) is 3. The quantitative estimate of drug-likeness (QED) is 0.742. The van der Waals surface area contributed by atoms with Crippen molar-refractivity contribution in [1.29, 1.82) is 0 Å². The number of aryl methyl sites for hydroxylation is 1. The van der Waals surface area contributed by atoms with Crippen molar-refractivity contribution in [3.63, 3.8) is 0 Å². The fourth-order valence-corrected chi connectivity index (χ4v) is 1.51. The van der Waals surface area contributed by atoms with Gasteiger partial charge in [0.15, 0.2) is 0 Å². The van der Waals surface area contributed by atoms with Crippen LogP contribution in [0.25, 0.3) is 0 Å². The number of aromatic nitrogens is 2. The molecule has 20 heavy (non-hydrogen) atoms. The van der Waals surface area contributed by atoms with E-state index in [4.69, 9.17) is 5.73 Å². The Balaban J connectivity index is 2.67. The van der Waals surface area contributed by atoms with Crippen molar-refractivity contribution < 1.29 is 22.4 Å². The summed E-state index contributed by atoms with van der Waals surface area (Å²) in [6, 6.07) is 0. The Hall–Kier alpha value is -1.64. The highest BCUT2D eigenvalue weighted by Crippen LogP contribution is 2.21. The van der Waals surface area contributed by atoms with Gasteiger partial charge < -0.3 is 11.1 Å². The molecule has 0 aliphatic carbocycles. The number of carbonyl (C=O) groups excluding carboxylic acids is 1. The van der Waals surface area contributed by atoms with E-state index in [1.165, 1.54) is 10.9 Å². The van der Waals surface area contributed by atoms with Gasteiger partial charge in [-0.05, 0) is 19.9 Å². The average Bonchev–Trinajstić information content (AvgIpc) is 2.75. The first-order valence-electron chi connectivity index (χ1n) is 5.96. The molecule has 0 radical (unpaired) electrons. The number of carbonyl (C=O) groups is 1. The van der Waals surface area contributed by atoms with Crippen LogP contribution in [0.1, 0.15) is 22.5 Å². The van der Waals surface area contributed by atoms with Crippen molar-refractivity contribution in [2.75, 3.05) is 13.1 Å². The minimum atomic E-state index is -4.25. The summed E-state index contributed by atoms with van der Waals surface area (Å²) in [7, 11) is 0. The third-order valence-corrected chi connectivity index (χ3v) is 2.73. The second-order valence-corrected chi connectivity index (χ2v) is 4.25. The molecule has 3 N–H and O–H groups in total. The zero-order valence-corrected chi connectivity index (χ0v) is 10.9. The third kappa shape index (κ3) is 3.92. The Morgan fingerprint density at radius 1 is 1.55 bits per heavy atom. The van der Waals surface area contributed by atoms with Gasteiger partial charge in [0.25, 0.3) is 5.91 Å². The fraction of sp³-hybridized carbons (Fsp3) is 0.636. The normalized spacial score (nSPS) is 11.9. The first-order chi connectivity index (χ1) is 9.29. The van der Waals surface area contributed by atoms with Gasteiger partial charge in [0.1, 0.15) is 0 Å². The molecular weight excluding hydrogens is 280 g/mol. The number of halogens is 4. The van der Waals surface area contributed by atoms with Crippen LogP contribution >= 0.6 is 0 Å². The Kier molecular flexibility index (Phi) is 5.49. The standard InChI is InChI=1S/C11H16F4N4O/c1-7-8(5-18-19(7)4-2-3-16)9(20)17-6-11(14,15)10(12)13/h5,10H,2-4,6,16H2,1H3,(H,17,20). The van der Waals surface area contributed by atoms with Crippen LogP contribution in [0.5, 0.6) is 0 Å². The third-order valence-electron chi connectivity index (χ3n) is 2.73. The van der Waals surface area contributed by atoms with Crippen LogP contribution < -0.4 is 11.1 Å². The Morgan fingerprint density at radius 2 is 2.20 bits per heavy atom. The monoisotopic (exact) mass is 296 g/mol. The molecule has 9 heteroatoms. The number of hydrogen-bond donors (Lipinski definition) is 2. The van der Waals surface area contributed by atoms with E-state index in [2.05, 4.69) is 5.10 Å². The molecular formula is C11H16F4N4O. The molecule has 0 unspecified atom stereocenters. The Labute approximate surface area is 113 Å². The number of rotatable bonds is 7. The topological polar surface area (TPSA) is 72.9 Å². The predicted octanol–water partition coefficient (Wildman–Crippen LogP) is 1.17. The molecule has 0 fully saturated rings. The molecule has 114 valence electrons. The minimum absolute atomic E-state index is 0.0760. The Morgan fingerprint density at radius 3 is 2.75 bits per heavy atom. The van der Waals surface area contributed by atoms with Gasteiger partial charge in [0.2, 0.25) is 0 Å².